The molecule has 1 aliphatic heterocycles. The number of anilines is 2. The molecule has 120 valence electrons. The summed E-state index contributed by atoms with van der Waals surface area (Å²) in [6, 6.07) is 16.5. The van der Waals surface area contributed by atoms with E-state index in [1.54, 1.807) is 0 Å². The Kier molecular flexibility index (Phi) is 3.63. The number of nitrogens with zero attached hydrogens (tertiary/aromatic N) is 1. The van der Waals surface area contributed by atoms with Gasteiger partial charge < -0.3 is 14.8 Å². The molecule has 0 radical (unpaired) electrons. The first-order chi connectivity index (χ1) is 11.8. The van der Waals surface area contributed by atoms with Crippen LogP contribution >= 0.6 is 0 Å². The van der Waals surface area contributed by atoms with E-state index in [0.29, 0.717) is 36.4 Å². The monoisotopic (exact) mass is 321 g/mol. The number of benzene rings is 2. The number of hydrogen-bond donors (Lipinski definition) is 2. The van der Waals surface area contributed by atoms with Crippen LogP contribution in [-0.4, -0.2) is 23.2 Å². The van der Waals surface area contributed by atoms with E-state index in [0.717, 1.165) is 11.3 Å². The van der Waals surface area contributed by atoms with Crippen LogP contribution in [0.15, 0.2) is 59.4 Å². The molecule has 1 aromatic heterocycles. The van der Waals surface area contributed by atoms with Gasteiger partial charge in [0.15, 0.2) is 11.5 Å². The molecule has 1 aliphatic rings. The van der Waals surface area contributed by atoms with Crippen LogP contribution in [0.2, 0.25) is 0 Å². The zero-order valence-corrected chi connectivity index (χ0v) is 12.8. The Morgan fingerprint density at radius 1 is 0.958 bits per heavy atom. The molecule has 0 atom stereocenters. The molecule has 0 saturated heterocycles. The molecular weight excluding hydrogens is 306 g/mol. The first-order valence-electron chi connectivity index (χ1n) is 7.61. The summed E-state index contributed by atoms with van der Waals surface area (Å²) >= 11 is 0. The van der Waals surface area contributed by atoms with Crippen molar-refractivity contribution in [3.8, 4) is 22.8 Å². The zero-order chi connectivity index (χ0) is 16.4. The van der Waals surface area contributed by atoms with E-state index in [1.165, 1.54) is 6.07 Å². The van der Waals surface area contributed by atoms with Crippen LogP contribution < -0.4 is 20.3 Å². The summed E-state index contributed by atoms with van der Waals surface area (Å²) in [7, 11) is 0. The molecule has 24 heavy (non-hydrogen) atoms. The average molecular weight is 321 g/mol. The quantitative estimate of drug-likeness (QED) is 0.775. The van der Waals surface area contributed by atoms with Crippen LogP contribution in [0.4, 0.5) is 11.6 Å². The van der Waals surface area contributed by atoms with Gasteiger partial charge in [0.05, 0.1) is 5.69 Å². The van der Waals surface area contributed by atoms with Gasteiger partial charge in [0.25, 0.3) is 5.56 Å². The van der Waals surface area contributed by atoms with Gasteiger partial charge in [0.1, 0.15) is 13.2 Å². The smallest absolute Gasteiger partial charge is 0.252 e. The molecule has 2 aromatic carbocycles. The fourth-order valence-corrected chi connectivity index (χ4v) is 2.53. The molecule has 0 amide bonds. The Bertz CT molecular complexity index is 922. The highest BCUT2D eigenvalue weighted by molar-refractivity contribution is 5.63. The first kappa shape index (κ1) is 14.3. The van der Waals surface area contributed by atoms with Gasteiger partial charge in [-0.2, -0.15) is 0 Å². The summed E-state index contributed by atoms with van der Waals surface area (Å²) in [5.74, 6) is 1.76. The second-order valence-corrected chi connectivity index (χ2v) is 5.33. The van der Waals surface area contributed by atoms with Gasteiger partial charge in [-0.15, -0.1) is 0 Å². The summed E-state index contributed by atoms with van der Waals surface area (Å²) in [5, 5.41) is 3.10. The highest BCUT2D eigenvalue weighted by atomic mass is 16.6. The molecular formula is C18H15N3O3. The maximum absolute atomic E-state index is 11.9. The maximum atomic E-state index is 11.9. The predicted octanol–water partition coefficient (Wildman–Crippen LogP) is 2.95. The molecule has 6 nitrogen and oxygen atoms in total. The number of hydrogen-bond acceptors (Lipinski definition) is 5. The number of nitrogens with one attached hydrogen (secondary N) is 2. The summed E-state index contributed by atoms with van der Waals surface area (Å²) in [4.78, 5) is 19.1. The van der Waals surface area contributed by atoms with Gasteiger partial charge in [-0.05, 0) is 12.1 Å². The number of aromatic amines is 1. The fraction of sp³-hybridized carbons (Fsp3) is 0.111. The maximum Gasteiger partial charge on any atom is 0.252 e. The van der Waals surface area contributed by atoms with Crippen LogP contribution in [-0.2, 0) is 0 Å². The van der Waals surface area contributed by atoms with E-state index in [9.17, 15) is 4.79 Å². The Labute approximate surface area is 138 Å². The Balaban J connectivity index is 1.65. The van der Waals surface area contributed by atoms with Gasteiger partial charge in [-0.1, -0.05) is 30.3 Å². The third-order valence-electron chi connectivity index (χ3n) is 3.62. The molecule has 0 bridgehead atoms. The van der Waals surface area contributed by atoms with Gasteiger partial charge >= 0.3 is 0 Å². The number of ether oxygens (including phenoxy) is 2. The van der Waals surface area contributed by atoms with E-state index in [4.69, 9.17) is 9.47 Å². The SMILES string of the molecule is O=c1cc(-c2ccccc2)nc(Nc2ccc3c(c2)OCCO3)[nH]1. The molecule has 6 heteroatoms. The zero-order valence-electron chi connectivity index (χ0n) is 12.8. The van der Waals surface area contributed by atoms with Crippen molar-refractivity contribution in [1.82, 2.24) is 9.97 Å². The van der Waals surface area contributed by atoms with Crippen LogP contribution in [0.25, 0.3) is 11.3 Å². The van der Waals surface area contributed by atoms with Crippen molar-refractivity contribution >= 4 is 11.6 Å². The minimum atomic E-state index is -0.219. The van der Waals surface area contributed by atoms with Crippen molar-refractivity contribution < 1.29 is 9.47 Å². The third-order valence-corrected chi connectivity index (χ3v) is 3.62. The minimum absolute atomic E-state index is 0.219. The van der Waals surface area contributed by atoms with Crippen LogP contribution in [0, 0.1) is 0 Å². The lowest BCUT2D eigenvalue weighted by molar-refractivity contribution is 0.171. The van der Waals surface area contributed by atoms with E-state index < -0.39 is 0 Å². The Hall–Kier alpha value is -3.28. The molecule has 2 N–H and O–H groups in total. The largest absolute Gasteiger partial charge is 0.486 e. The normalized spacial score (nSPS) is 12.7. The molecule has 0 fully saturated rings. The summed E-state index contributed by atoms with van der Waals surface area (Å²) in [6.45, 7) is 1.07. The van der Waals surface area contributed by atoms with Crippen molar-refractivity contribution in [3.63, 3.8) is 0 Å². The summed E-state index contributed by atoms with van der Waals surface area (Å²) < 4.78 is 11.1. The average Bonchev–Trinajstić information content (AvgIpc) is 2.62. The van der Waals surface area contributed by atoms with Crippen LogP contribution in [0.1, 0.15) is 0 Å². The summed E-state index contributed by atoms with van der Waals surface area (Å²) in [5.41, 5.74) is 2.03. The number of fused-ring (bicyclic) bond motifs is 1. The minimum Gasteiger partial charge on any atom is -0.486 e. The lowest BCUT2D eigenvalue weighted by atomic mass is 10.1. The number of aromatic nitrogens is 2. The molecule has 0 aliphatic carbocycles. The highest BCUT2D eigenvalue weighted by Crippen LogP contribution is 2.33. The molecule has 0 saturated carbocycles. The molecule has 2 heterocycles. The lowest BCUT2D eigenvalue weighted by Gasteiger charge is -2.19. The molecule has 4 rings (SSSR count). The standard InChI is InChI=1S/C18H15N3O3/c22-17-11-14(12-4-2-1-3-5-12)20-18(21-17)19-13-6-7-15-16(10-13)24-9-8-23-15/h1-7,10-11H,8-9H2,(H2,19,20,21,22). The summed E-state index contributed by atoms with van der Waals surface area (Å²) in [6.07, 6.45) is 0. The number of rotatable bonds is 3. The van der Waals surface area contributed by atoms with Gasteiger partial charge in [-0.25, -0.2) is 4.98 Å². The topological polar surface area (TPSA) is 76.2 Å². The lowest BCUT2D eigenvalue weighted by Crippen LogP contribution is -2.15. The third kappa shape index (κ3) is 2.94. The second-order valence-electron chi connectivity index (χ2n) is 5.33. The molecule has 0 unspecified atom stereocenters. The molecule has 3 aromatic rings. The molecule has 0 spiro atoms. The van der Waals surface area contributed by atoms with E-state index >= 15 is 0 Å². The van der Waals surface area contributed by atoms with Gasteiger partial charge in [-0.3, -0.25) is 9.78 Å². The Morgan fingerprint density at radius 3 is 2.58 bits per heavy atom. The predicted molar refractivity (Wildman–Crippen MR) is 91.0 cm³/mol. The fourth-order valence-electron chi connectivity index (χ4n) is 2.53. The van der Waals surface area contributed by atoms with E-state index in [2.05, 4.69) is 15.3 Å². The van der Waals surface area contributed by atoms with Crippen molar-refractivity contribution in [1.29, 1.82) is 0 Å². The van der Waals surface area contributed by atoms with E-state index in [1.807, 2.05) is 48.5 Å². The highest BCUT2D eigenvalue weighted by Gasteiger charge is 2.12. The van der Waals surface area contributed by atoms with Crippen LogP contribution in [0.5, 0.6) is 11.5 Å². The van der Waals surface area contributed by atoms with Crippen LogP contribution in [0.3, 0.4) is 0 Å². The van der Waals surface area contributed by atoms with Crippen molar-refractivity contribution in [2.24, 2.45) is 0 Å². The second kappa shape index (κ2) is 6.08. The van der Waals surface area contributed by atoms with Gasteiger partial charge in [0, 0.05) is 23.4 Å². The van der Waals surface area contributed by atoms with Gasteiger partial charge in [0.2, 0.25) is 5.95 Å². The van der Waals surface area contributed by atoms with E-state index in [-0.39, 0.29) is 5.56 Å². The number of H-pyrrole nitrogens is 1. The van der Waals surface area contributed by atoms with Crippen molar-refractivity contribution in [2.45, 2.75) is 0 Å². The van der Waals surface area contributed by atoms with Crippen molar-refractivity contribution in [2.75, 3.05) is 18.5 Å². The first-order valence-corrected chi connectivity index (χ1v) is 7.61. The Morgan fingerprint density at radius 2 is 1.75 bits per heavy atom. The van der Waals surface area contributed by atoms with Crippen molar-refractivity contribution in [3.05, 3.63) is 65.0 Å².